The molecular weight excluding hydrogens is 310 g/mol. The molecule has 8 nitrogen and oxygen atoms in total. The van der Waals surface area contributed by atoms with Crippen LogP contribution in [0.3, 0.4) is 0 Å². The topological polar surface area (TPSA) is 105 Å². The Labute approximate surface area is 137 Å². The fraction of sp³-hybridized carbons (Fsp3) is 0.188. The van der Waals surface area contributed by atoms with E-state index in [0.29, 0.717) is 17.2 Å². The number of nitrogens with zero attached hydrogens (tertiary/aromatic N) is 4. The lowest BCUT2D eigenvalue weighted by Crippen LogP contribution is -2.34. The molecule has 0 aliphatic rings. The first-order chi connectivity index (χ1) is 11.6. The van der Waals surface area contributed by atoms with Crippen molar-refractivity contribution in [3.63, 3.8) is 0 Å². The van der Waals surface area contributed by atoms with Crippen LogP contribution in [-0.4, -0.2) is 38.0 Å². The Morgan fingerprint density at radius 3 is 2.75 bits per heavy atom. The van der Waals surface area contributed by atoms with Crippen molar-refractivity contribution in [3.05, 3.63) is 64.5 Å². The van der Waals surface area contributed by atoms with Gasteiger partial charge in [0.25, 0.3) is 11.5 Å². The second kappa shape index (κ2) is 6.45. The van der Waals surface area contributed by atoms with Crippen molar-refractivity contribution in [1.29, 1.82) is 0 Å². The summed E-state index contributed by atoms with van der Waals surface area (Å²) in [5, 5.41) is 3.81. The number of aromatic nitrogens is 4. The van der Waals surface area contributed by atoms with Crippen molar-refractivity contribution < 1.29 is 9.32 Å². The lowest BCUT2D eigenvalue weighted by molar-refractivity contribution is 0.0735. The molecule has 0 spiro atoms. The summed E-state index contributed by atoms with van der Waals surface area (Å²) in [6, 6.07) is 6.60. The number of carbonyl (C=O) groups is 1. The summed E-state index contributed by atoms with van der Waals surface area (Å²) < 4.78 is 4.78. The third kappa shape index (κ3) is 2.94. The summed E-state index contributed by atoms with van der Waals surface area (Å²) in [6.45, 7) is 1.79. The van der Waals surface area contributed by atoms with E-state index < -0.39 is 11.5 Å². The van der Waals surface area contributed by atoms with E-state index in [-0.39, 0.29) is 11.6 Å². The molecule has 0 unspecified atom stereocenters. The summed E-state index contributed by atoms with van der Waals surface area (Å²) in [7, 11) is 1.59. The number of hydrogen-bond acceptors (Lipinski definition) is 6. The van der Waals surface area contributed by atoms with Crippen LogP contribution in [0.5, 0.6) is 0 Å². The first-order valence-electron chi connectivity index (χ1n) is 7.26. The Morgan fingerprint density at radius 2 is 2.12 bits per heavy atom. The molecule has 0 saturated heterocycles. The molecule has 0 fully saturated rings. The van der Waals surface area contributed by atoms with Crippen molar-refractivity contribution in [2.45, 2.75) is 13.0 Å². The molecule has 0 bridgehead atoms. The molecule has 1 amide bonds. The molecule has 0 aliphatic heterocycles. The smallest absolute Gasteiger partial charge is 0.264 e. The van der Waals surface area contributed by atoms with Gasteiger partial charge in [-0.15, -0.1) is 0 Å². The van der Waals surface area contributed by atoms with Crippen molar-refractivity contribution in [2.24, 2.45) is 0 Å². The second-order valence-electron chi connectivity index (χ2n) is 5.21. The van der Waals surface area contributed by atoms with E-state index in [9.17, 15) is 9.59 Å². The lowest BCUT2D eigenvalue weighted by Gasteiger charge is -2.22. The van der Waals surface area contributed by atoms with Crippen molar-refractivity contribution in [1.82, 2.24) is 25.0 Å². The second-order valence-corrected chi connectivity index (χ2v) is 5.21. The Hall–Kier alpha value is -3.29. The summed E-state index contributed by atoms with van der Waals surface area (Å²) in [6.07, 6.45) is 4.29. The highest BCUT2D eigenvalue weighted by molar-refractivity contribution is 5.93. The first kappa shape index (κ1) is 15.6. The number of H-pyrrole nitrogens is 1. The van der Waals surface area contributed by atoms with Crippen LogP contribution in [0.1, 0.15) is 29.0 Å². The minimum Gasteiger partial charge on any atom is -0.364 e. The Morgan fingerprint density at radius 1 is 1.29 bits per heavy atom. The number of pyridine rings is 1. The first-order valence-corrected chi connectivity index (χ1v) is 7.26. The number of rotatable bonds is 4. The third-order valence-electron chi connectivity index (χ3n) is 3.72. The molecule has 0 aromatic carbocycles. The summed E-state index contributed by atoms with van der Waals surface area (Å²) in [5.41, 5.74) is 0.556. The maximum Gasteiger partial charge on any atom is 0.264 e. The van der Waals surface area contributed by atoms with Crippen LogP contribution in [0.4, 0.5) is 0 Å². The van der Waals surface area contributed by atoms with E-state index in [1.807, 2.05) is 0 Å². The molecule has 1 atom stereocenters. The van der Waals surface area contributed by atoms with Gasteiger partial charge in [-0.2, -0.15) is 0 Å². The standard InChI is InChI=1S/C16H15N5O3/c1-10(12-6-8-24-20-12)21(2)16(23)11-9-18-14(19-15(11)22)13-5-3-4-7-17-13/h3-10H,1-2H3,(H,18,19,22)/t10-/m0/s1. The molecule has 122 valence electrons. The molecule has 0 aliphatic carbocycles. The van der Waals surface area contributed by atoms with Gasteiger partial charge >= 0.3 is 0 Å². The van der Waals surface area contributed by atoms with Crippen molar-refractivity contribution >= 4 is 5.91 Å². The largest absolute Gasteiger partial charge is 0.364 e. The highest BCUT2D eigenvalue weighted by atomic mass is 16.5. The fourth-order valence-electron chi connectivity index (χ4n) is 2.18. The summed E-state index contributed by atoms with van der Waals surface area (Å²) >= 11 is 0. The predicted molar refractivity (Wildman–Crippen MR) is 85.1 cm³/mol. The van der Waals surface area contributed by atoms with Gasteiger partial charge in [-0.05, 0) is 19.1 Å². The van der Waals surface area contributed by atoms with E-state index >= 15 is 0 Å². The Balaban J connectivity index is 1.87. The van der Waals surface area contributed by atoms with Crippen molar-refractivity contribution in [2.75, 3.05) is 7.05 Å². The molecule has 3 aromatic heterocycles. The van der Waals surface area contributed by atoms with Gasteiger partial charge < -0.3 is 14.4 Å². The normalized spacial score (nSPS) is 11.9. The zero-order valence-corrected chi connectivity index (χ0v) is 13.1. The molecule has 3 rings (SSSR count). The van der Waals surface area contributed by atoms with E-state index in [4.69, 9.17) is 4.52 Å². The van der Waals surface area contributed by atoms with Crippen LogP contribution in [-0.2, 0) is 0 Å². The summed E-state index contributed by atoms with van der Waals surface area (Å²) in [4.78, 5) is 37.1. The van der Waals surface area contributed by atoms with Crippen LogP contribution in [0, 0.1) is 0 Å². The van der Waals surface area contributed by atoms with Crippen LogP contribution in [0.25, 0.3) is 11.5 Å². The van der Waals surface area contributed by atoms with Crippen LogP contribution in [0.2, 0.25) is 0 Å². The van der Waals surface area contributed by atoms with Gasteiger partial charge in [0, 0.05) is 25.5 Å². The molecule has 24 heavy (non-hydrogen) atoms. The van der Waals surface area contributed by atoms with Crippen LogP contribution >= 0.6 is 0 Å². The molecule has 0 saturated carbocycles. The Kier molecular flexibility index (Phi) is 4.19. The van der Waals surface area contributed by atoms with Gasteiger partial charge in [-0.25, -0.2) is 4.98 Å². The third-order valence-corrected chi connectivity index (χ3v) is 3.72. The van der Waals surface area contributed by atoms with E-state index in [2.05, 4.69) is 20.1 Å². The van der Waals surface area contributed by atoms with Gasteiger partial charge in [-0.1, -0.05) is 11.2 Å². The molecular formula is C16H15N5O3. The predicted octanol–water partition coefficient (Wildman–Crippen LogP) is 1.65. The maximum atomic E-state index is 12.5. The minimum absolute atomic E-state index is 0.0486. The van der Waals surface area contributed by atoms with Gasteiger partial charge in [0.2, 0.25) is 0 Å². The SMILES string of the molecule is C[C@@H](c1ccon1)N(C)C(=O)c1cnc(-c2ccccn2)[nH]c1=O. The molecule has 8 heteroatoms. The van der Waals surface area contributed by atoms with Gasteiger partial charge in [0.05, 0.1) is 6.04 Å². The number of nitrogens with one attached hydrogen (secondary N) is 1. The number of amides is 1. The van der Waals surface area contributed by atoms with E-state index in [0.717, 1.165) is 0 Å². The van der Waals surface area contributed by atoms with Gasteiger partial charge in [-0.3, -0.25) is 14.6 Å². The van der Waals surface area contributed by atoms with E-state index in [1.165, 1.54) is 17.4 Å². The lowest BCUT2D eigenvalue weighted by atomic mass is 10.2. The van der Waals surface area contributed by atoms with Crippen LogP contribution < -0.4 is 5.56 Å². The molecule has 1 N–H and O–H groups in total. The van der Waals surface area contributed by atoms with E-state index in [1.54, 1.807) is 44.4 Å². The number of carbonyl (C=O) groups excluding carboxylic acids is 1. The number of aromatic amines is 1. The number of hydrogen-bond donors (Lipinski definition) is 1. The quantitative estimate of drug-likeness (QED) is 0.782. The van der Waals surface area contributed by atoms with Gasteiger partial charge in [0.15, 0.2) is 5.82 Å². The average Bonchev–Trinajstić information content (AvgIpc) is 3.15. The molecule has 3 aromatic rings. The summed E-state index contributed by atoms with van der Waals surface area (Å²) in [5.74, 6) is -0.142. The molecule has 3 heterocycles. The van der Waals surface area contributed by atoms with Gasteiger partial charge in [0.1, 0.15) is 23.2 Å². The maximum absolute atomic E-state index is 12.5. The minimum atomic E-state index is -0.519. The van der Waals surface area contributed by atoms with Crippen LogP contribution in [0.15, 0.2) is 52.2 Å². The highest BCUT2D eigenvalue weighted by Gasteiger charge is 2.23. The zero-order valence-electron chi connectivity index (χ0n) is 13.1. The van der Waals surface area contributed by atoms with Crippen molar-refractivity contribution in [3.8, 4) is 11.5 Å². The monoisotopic (exact) mass is 325 g/mol. The highest BCUT2D eigenvalue weighted by Crippen LogP contribution is 2.18. The zero-order chi connectivity index (χ0) is 17.1. The molecule has 0 radical (unpaired) electrons. The fourth-order valence-corrected chi connectivity index (χ4v) is 2.18. The average molecular weight is 325 g/mol. The Bertz CT molecular complexity index is 890.